The zero-order valence-electron chi connectivity index (χ0n) is 14.3. The quantitative estimate of drug-likeness (QED) is 0.616. The Labute approximate surface area is 140 Å². The van der Waals surface area contributed by atoms with Gasteiger partial charge in [0.1, 0.15) is 0 Å². The lowest BCUT2D eigenvalue weighted by Crippen LogP contribution is -2.02. The van der Waals surface area contributed by atoms with Crippen molar-refractivity contribution in [2.24, 2.45) is 0 Å². The van der Waals surface area contributed by atoms with E-state index in [9.17, 15) is 5.11 Å². The van der Waals surface area contributed by atoms with E-state index < -0.39 is 0 Å². The van der Waals surface area contributed by atoms with Crippen molar-refractivity contribution < 1.29 is 5.11 Å². The maximum Gasteiger partial charge on any atom is 0.221 e. The summed E-state index contributed by atoms with van der Waals surface area (Å²) in [6.07, 6.45) is 1.79. The second-order valence-corrected chi connectivity index (χ2v) is 6.37. The minimum Gasteiger partial charge on any atom is -0.390 e. The van der Waals surface area contributed by atoms with Crippen LogP contribution in [-0.2, 0) is 6.61 Å². The normalized spacial score (nSPS) is 11.7. The molecule has 0 bridgehead atoms. The van der Waals surface area contributed by atoms with E-state index in [1.807, 2.05) is 23.5 Å². The summed E-state index contributed by atoms with van der Waals surface area (Å²) in [5.74, 6) is 0.792. The average molecular weight is 320 g/mol. The maximum atomic E-state index is 9.80. The van der Waals surface area contributed by atoms with Crippen LogP contribution in [0.2, 0.25) is 0 Å². The molecule has 0 saturated heterocycles. The number of pyridine rings is 1. The van der Waals surface area contributed by atoms with Gasteiger partial charge in [-0.15, -0.1) is 0 Å². The van der Waals surface area contributed by atoms with Crippen molar-refractivity contribution in [1.82, 2.24) is 18.9 Å². The Morgan fingerprint density at radius 2 is 1.79 bits per heavy atom. The van der Waals surface area contributed by atoms with E-state index in [1.165, 1.54) is 16.7 Å². The Balaban J connectivity index is 2.23. The van der Waals surface area contributed by atoms with E-state index in [0.717, 1.165) is 34.0 Å². The largest absolute Gasteiger partial charge is 0.390 e. The predicted molar refractivity (Wildman–Crippen MR) is 94.7 cm³/mol. The van der Waals surface area contributed by atoms with Crippen LogP contribution in [0.4, 0.5) is 0 Å². The van der Waals surface area contributed by atoms with E-state index in [0.29, 0.717) is 0 Å². The monoisotopic (exact) mass is 320 g/mol. The van der Waals surface area contributed by atoms with Gasteiger partial charge in [-0.25, -0.2) is 9.97 Å². The van der Waals surface area contributed by atoms with E-state index in [2.05, 4.69) is 42.5 Å². The topological polar surface area (TPSA) is 55.4 Å². The standard InChI is InChI=1S/C19H20N4O/c1-11-8-12(2)17(13(3)9-11)23-18-15(6-5-7-20-18)22-16(10-24)14(4)21-19(22)23/h5-9,24H,10H2,1-4H3. The Kier molecular flexibility index (Phi) is 3.21. The molecule has 122 valence electrons. The highest BCUT2D eigenvalue weighted by atomic mass is 16.3. The van der Waals surface area contributed by atoms with Crippen LogP contribution in [0.15, 0.2) is 30.5 Å². The molecule has 5 heteroatoms. The third-order valence-electron chi connectivity index (χ3n) is 4.58. The second kappa shape index (κ2) is 5.18. The molecule has 0 aliphatic rings. The minimum atomic E-state index is -0.0487. The van der Waals surface area contributed by atoms with Gasteiger partial charge in [-0.05, 0) is 51.0 Å². The van der Waals surface area contributed by atoms with Crippen molar-refractivity contribution in [2.75, 3.05) is 0 Å². The first kappa shape index (κ1) is 14.9. The number of benzene rings is 1. The number of fused-ring (bicyclic) bond motifs is 3. The van der Waals surface area contributed by atoms with E-state index >= 15 is 0 Å². The maximum absolute atomic E-state index is 9.80. The van der Waals surface area contributed by atoms with Crippen LogP contribution >= 0.6 is 0 Å². The van der Waals surface area contributed by atoms with Crippen LogP contribution in [0.5, 0.6) is 0 Å². The summed E-state index contributed by atoms with van der Waals surface area (Å²) in [5, 5.41) is 9.80. The Bertz CT molecular complexity index is 1060. The van der Waals surface area contributed by atoms with Crippen molar-refractivity contribution >= 4 is 16.9 Å². The van der Waals surface area contributed by atoms with Crippen LogP contribution in [0.3, 0.4) is 0 Å². The summed E-state index contributed by atoms with van der Waals surface area (Å²) in [7, 11) is 0. The zero-order valence-corrected chi connectivity index (χ0v) is 14.3. The van der Waals surface area contributed by atoms with Crippen molar-refractivity contribution in [1.29, 1.82) is 0 Å². The zero-order chi connectivity index (χ0) is 17.0. The van der Waals surface area contributed by atoms with E-state index in [-0.39, 0.29) is 6.61 Å². The highest BCUT2D eigenvalue weighted by Crippen LogP contribution is 2.30. The molecule has 0 atom stereocenters. The fourth-order valence-corrected chi connectivity index (χ4v) is 3.70. The van der Waals surface area contributed by atoms with Gasteiger partial charge in [-0.3, -0.25) is 8.97 Å². The molecule has 1 aromatic carbocycles. The van der Waals surface area contributed by atoms with Gasteiger partial charge in [0, 0.05) is 6.20 Å². The molecule has 1 N–H and O–H groups in total. The predicted octanol–water partition coefficient (Wildman–Crippen LogP) is 3.40. The van der Waals surface area contributed by atoms with Gasteiger partial charge < -0.3 is 5.11 Å². The number of hydrogen-bond donors (Lipinski definition) is 1. The van der Waals surface area contributed by atoms with Gasteiger partial charge in [-0.1, -0.05) is 17.7 Å². The van der Waals surface area contributed by atoms with Gasteiger partial charge in [0.15, 0.2) is 5.65 Å². The van der Waals surface area contributed by atoms with E-state index in [4.69, 9.17) is 4.98 Å². The molecule has 0 saturated carbocycles. The van der Waals surface area contributed by atoms with Gasteiger partial charge in [0.2, 0.25) is 5.78 Å². The number of aryl methyl sites for hydroxylation is 4. The molecule has 0 unspecified atom stereocenters. The van der Waals surface area contributed by atoms with Crippen LogP contribution in [0, 0.1) is 27.7 Å². The average Bonchev–Trinajstić information content (AvgIpc) is 3.01. The number of nitrogens with zero attached hydrogens (tertiary/aromatic N) is 4. The highest BCUT2D eigenvalue weighted by Gasteiger charge is 2.21. The van der Waals surface area contributed by atoms with Gasteiger partial charge in [0.25, 0.3) is 0 Å². The number of aromatic nitrogens is 4. The van der Waals surface area contributed by atoms with Gasteiger partial charge >= 0.3 is 0 Å². The van der Waals surface area contributed by atoms with Crippen molar-refractivity contribution in [2.45, 2.75) is 34.3 Å². The first-order valence-electron chi connectivity index (χ1n) is 8.05. The molecular formula is C19H20N4O. The van der Waals surface area contributed by atoms with Crippen molar-refractivity contribution in [3.63, 3.8) is 0 Å². The molecule has 0 spiro atoms. The molecule has 5 nitrogen and oxygen atoms in total. The highest BCUT2D eigenvalue weighted by molar-refractivity contribution is 5.81. The molecule has 4 rings (SSSR count). The molecular weight excluding hydrogens is 300 g/mol. The van der Waals surface area contributed by atoms with Crippen LogP contribution in [-0.4, -0.2) is 24.0 Å². The number of aliphatic hydroxyl groups is 1. The lowest BCUT2D eigenvalue weighted by atomic mass is 10.1. The lowest BCUT2D eigenvalue weighted by molar-refractivity contribution is 0.275. The van der Waals surface area contributed by atoms with Crippen LogP contribution in [0.25, 0.3) is 22.6 Å². The molecule has 0 fully saturated rings. The molecule has 4 aromatic rings. The summed E-state index contributed by atoms with van der Waals surface area (Å²) in [6, 6.07) is 8.29. The Hall–Kier alpha value is -2.66. The van der Waals surface area contributed by atoms with Crippen molar-refractivity contribution in [3.05, 3.63) is 58.5 Å². The third-order valence-corrected chi connectivity index (χ3v) is 4.58. The van der Waals surface area contributed by atoms with Gasteiger partial charge in [0.05, 0.1) is 29.2 Å². The SMILES string of the molecule is Cc1cc(C)c(-n2c3ncccc3n3c(CO)c(C)nc23)c(C)c1. The first-order valence-corrected chi connectivity index (χ1v) is 8.05. The Morgan fingerprint density at radius 3 is 2.46 bits per heavy atom. The molecule has 0 amide bonds. The van der Waals surface area contributed by atoms with Crippen LogP contribution < -0.4 is 0 Å². The lowest BCUT2D eigenvalue weighted by Gasteiger charge is -2.13. The van der Waals surface area contributed by atoms with Gasteiger partial charge in [-0.2, -0.15) is 0 Å². The van der Waals surface area contributed by atoms with Crippen LogP contribution in [0.1, 0.15) is 28.1 Å². The fourth-order valence-electron chi connectivity index (χ4n) is 3.70. The molecule has 0 aliphatic carbocycles. The number of imidazole rings is 2. The number of rotatable bonds is 2. The fraction of sp³-hybridized carbons (Fsp3) is 0.263. The van der Waals surface area contributed by atoms with E-state index in [1.54, 1.807) is 6.20 Å². The summed E-state index contributed by atoms with van der Waals surface area (Å²) in [5.41, 5.74) is 8.17. The first-order chi connectivity index (χ1) is 11.5. The molecule has 0 radical (unpaired) electrons. The summed E-state index contributed by atoms with van der Waals surface area (Å²) in [4.78, 5) is 9.33. The molecule has 3 heterocycles. The Morgan fingerprint density at radius 1 is 1.08 bits per heavy atom. The summed E-state index contributed by atoms with van der Waals surface area (Å²) < 4.78 is 4.11. The third kappa shape index (κ3) is 1.91. The second-order valence-electron chi connectivity index (χ2n) is 6.37. The number of hydrogen-bond acceptors (Lipinski definition) is 3. The van der Waals surface area contributed by atoms with Crippen molar-refractivity contribution in [3.8, 4) is 5.69 Å². The minimum absolute atomic E-state index is 0.0487. The summed E-state index contributed by atoms with van der Waals surface area (Å²) in [6.45, 7) is 8.22. The molecule has 24 heavy (non-hydrogen) atoms. The molecule has 3 aromatic heterocycles. The summed E-state index contributed by atoms with van der Waals surface area (Å²) >= 11 is 0. The molecule has 0 aliphatic heterocycles. The number of aliphatic hydroxyl groups excluding tert-OH is 1. The smallest absolute Gasteiger partial charge is 0.221 e.